The molecule has 0 amide bonds. The summed E-state index contributed by atoms with van der Waals surface area (Å²) in [6.07, 6.45) is 0.664. The second kappa shape index (κ2) is 7.21. The second-order valence-corrected chi connectivity index (χ2v) is 10.8. The molecule has 0 radical (unpaired) electrons. The molecule has 152 valence electrons. The van der Waals surface area contributed by atoms with E-state index in [1.807, 2.05) is 31.2 Å². The molecule has 0 saturated carbocycles. The van der Waals surface area contributed by atoms with Crippen molar-refractivity contribution in [1.29, 1.82) is 0 Å². The number of piperidine rings is 1. The van der Waals surface area contributed by atoms with Crippen LogP contribution in [0.4, 0.5) is 0 Å². The van der Waals surface area contributed by atoms with E-state index in [1.165, 1.54) is 7.11 Å². The Labute approximate surface area is 184 Å². The number of ether oxygens (including phenoxy) is 1. The molecule has 5 nitrogen and oxygen atoms in total. The van der Waals surface area contributed by atoms with Crippen LogP contribution in [-0.2, 0) is 20.2 Å². The standard InChI is InChI=1S/C22H22INO4S/c1-14-4-7-16(8-5-14)29(26,27)24-11-10-22(2)18-12-15(21(25)28-3)6-9-17(18)20(23)19(22)13-24/h4-9,12H,10-11,13H2,1-3H3. The molecular weight excluding hydrogens is 501 g/mol. The maximum absolute atomic E-state index is 13.2. The van der Waals surface area contributed by atoms with Crippen LogP contribution in [0.25, 0.3) is 3.58 Å². The lowest BCUT2D eigenvalue weighted by Crippen LogP contribution is -2.44. The Kier molecular flexibility index (Phi) is 5.11. The monoisotopic (exact) mass is 523 g/mol. The molecule has 2 aliphatic rings. The molecule has 1 aliphatic heterocycles. The molecule has 1 saturated heterocycles. The fourth-order valence-electron chi connectivity index (χ4n) is 4.20. The van der Waals surface area contributed by atoms with Crippen LogP contribution in [0.2, 0.25) is 0 Å². The van der Waals surface area contributed by atoms with Gasteiger partial charge in [-0.3, -0.25) is 0 Å². The maximum atomic E-state index is 13.2. The summed E-state index contributed by atoms with van der Waals surface area (Å²) >= 11 is 2.31. The van der Waals surface area contributed by atoms with Crippen molar-refractivity contribution in [3.63, 3.8) is 0 Å². The van der Waals surface area contributed by atoms with E-state index in [1.54, 1.807) is 22.5 Å². The van der Waals surface area contributed by atoms with E-state index in [0.717, 1.165) is 25.8 Å². The predicted octanol–water partition coefficient (Wildman–Crippen LogP) is 4.29. The van der Waals surface area contributed by atoms with Crippen LogP contribution in [-0.4, -0.2) is 38.9 Å². The van der Waals surface area contributed by atoms with Crippen molar-refractivity contribution in [3.8, 4) is 0 Å². The highest BCUT2D eigenvalue weighted by Gasteiger charge is 2.46. The van der Waals surface area contributed by atoms with Crippen LogP contribution in [0, 0.1) is 6.92 Å². The molecule has 7 heteroatoms. The van der Waals surface area contributed by atoms with E-state index in [0.29, 0.717) is 30.0 Å². The van der Waals surface area contributed by atoms with Gasteiger partial charge in [-0.25, -0.2) is 13.2 Å². The number of carbonyl (C=O) groups excluding carboxylic acids is 1. The zero-order valence-corrected chi connectivity index (χ0v) is 19.5. The number of methoxy groups -OCH3 is 1. The highest BCUT2D eigenvalue weighted by molar-refractivity contribution is 14.1. The molecule has 0 aromatic heterocycles. The SMILES string of the molecule is COC(=O)c1ccc2c(c1)C1(C)CCN(S(=O)(=O)c3ccc(C)cc3)CC1=C2I. The molecule has 1 unspecified atom stereocenters. The van der Waals surface area contributed by atoms with E-state index in [2.05, 4.69) is 29.5 Å². The van der Waals surface area contributed by atoms with Gasteiger partial charge in [0.25, 0.3) is 0 Å². The molecule has 2 aromatic rings. The number of esters is 1. The lowest BCUT2D eigenvalue weighted by atomic mass is 9.74. The van der Waals surface area contributed by atoms with E-state index < -0.39 is 10.0 Å². The third kappa shape index (κ3) is 3.23. The minimum atomic E-state index is -3.56. The van der Waals surface area contributed by atoms with Crippen molar-refractivity contribution in [2.24, 2.45) is 0 Å². The molecule has 0 N–H and O–H groups in total. The smallest absolute Gasteiger partial charge is 0.337 e. The average Bonchev–Trinajstić information content (AvgIpc) is 2.94. The second-order valence-electron chi connectivity index (χ2n) is 7.78. The van der Waals surface area contributed by atoms with Gasteiger partial charge in [0.2, 0.25) is 10.0 Å². The summed E-state index contributed by atoms with van der Waals surface area (Å²) in [4.78, 5) is 12.3. The molecular formula is C22H22INO4S. The Bertz CT molecular complexity index is 1140. The van der Waals surface area contributed by atoms with E-state index >= 15 is 0 Å². The summed E-state index contributed by atoms with van der Waals surface area (Å²) in [5.74, 6) is -0.362. The molecule has 1 atom stereocenters. The van der Waals surface area contributed by atoms with Crippen molar-refractivity contribution in [3.05, 3.63) is 70.3 Å². The number of sulfonamides is 1. The summed E-state index contributed by atoms with van der Waals surface area (Å²) in [7, 11) is -2.18. The summed E-state index contributed by atoms with van der Waals surface area (Å²) in [6, 6.07) is 12.6. The third-order valence-corrected chi connectivity index (χ3v) is 9.15. The number of hydrogen-bond donors (Lipinski definition) is 0. The zero-order valence-electron chi connectivity index (χ0n) is 16.5. The van der Waals surface area contributed by atoms with Crippen molar-refractivity contribution in [2.45, 2.75) is 30.6 Å². The van der Waals surface area contributed by atoms with Gasteiger partial charge in [-0.05, 0) is 76.9 Å². The molecule has 1 fully saturated rings. The first-order valence-corrected chi connectivity index (χ1v) is 11.9. The maximum Gasteiger partial charge on any atom is 0.337 e. The average molecular weight is 523 g/mol. The van der Waals surface area contributed by atoms with Crippen molar-refractivity contribution in [1.82, 2.24) is 4.31 Å². The van der Waals surface area contributed by atoms with Crippen LogP contribution in [0.5, 0.6) is 0 Å². The van der Waals surface area contributed by atoms with Crippen LogP contribution >= 0.6 is 22.6 Å². The van der Waals surface area contributed by atoms with Gasteiger partial charge in [0.1, 0.15) is 0 Å². The first-order valence-electron chi connectivity index (χ1n) is 9.37. The Balaban J connectivity index is 1.71. The third-order valence-electron chi connectivity index (χ3n) is 6.06. The van der Waals surface area contributed by atoms with Gasteiger partial charge < -0.3 is 4.74 Å². The van der Waals surface area contributed by atoms with Crippen molar-refractivity contribution < 1.29 is 17.9 Å². The highest BCUT2D eigenvalue weighted by Crippen LogP contribution is 2.53. The molecule has 1 aliphatic carbocycles. The molecule has 0 spiro atoms. The number of nitrogens with zero attached hydrogens (tertiary/aromatic N) is 1. The van der Waals surface area contributed by atoms with Crippen LogP contribution in [0.1, 0.15) is 40.4 Å². The number of rotatable bonds is 3. The first kappa shape index (κ1) is 20.6. The minimum Gasteiger partial charge on any atom is -0.465 e. The van der Waals surface area contributed by atoms with Crippen molar-refractivity contribution in [2.75, 3.05) is 20.2 Å². The van der Waals surface area contributed by atoms with Gasteiger partial charge >= 0.3 is 5.97 Å². The number of halogens is 1. The Morgan fingerprint density at radius 1 is 1.17 bits per heavy atom. The Morgan fingerprint density at radius 2 is 1.86 bits per heavy atom. The normalized spacial score (nSPS) is 21.7. The van der Waals surface area contributed by atoms with Gasteiger partial charge in [0.05, 0.1) is 17.6 Å². The number of carbonyl (C=O) groups is 1. The Morgan fingerprint density at radius 3 is 2.52 bits per heavy atom. The van der Waals surface area contributed by atoms with Gasteiger partial charge in [0.15, 0.2) is 0 Å². The molecule has 1 heterocycles. The highest BCUT2D eigenvalue weighted by atomic mass is 127. The molecule has 0 bridgehead atoms. The quantitative estimate of drug-likeness (QED) is 0.445. The topological polar surface area (TPSA) is 63.7 Å². The fourth-order valence-corrected chi connectivity index (χ4v) is 6.85. The largest absolute Gasteiger partial charge is 0.465 e. The number of fused-ring (bicyclic) bond motifs is 3. The minimum absolute atomic E-state index is 0.283. The van der Waals surface area contributed by atoms with Gasteiger partial charge in [-0.2, -0.15) is 4.31 Å². The van der Waals surface area contributed by atoms with Gasteiger partial charge in [-0.15, -0.1) is 0 Å². The lowest BCUT2D eigenvalue weighted by molar-refractivity contribution is 0.0600. The molecule has 29 heavy (non-hydrogen) atoms. The van der Waals surface area contributed by atoms with Crippen LogP contribution in [0.3, 0.4) is 0 Å². The number of benzene rings is 2. The van der Waals surface area contributed by atoms with Gasteiger partial charge in [-0.1, -0.05) is 30.7 Å². The molecule has 4 rings (SSSR count). The van der Waals surface area contributed by atoms with E-state index in [-0.39, 0.29) is 11.4 Å². The van der Waals surface area contributed by atoms with Crippen LogP contribution in [0.15, 0.2) is 52.9 Å². The fraction of sp³-hybridized carbons (Fsp3) is 0.318. The summed E-state index contributed by atoms with van der Waals surface area (Å²) in [6.45, 7) is 4.87. The predicted molar refractivity (Wildman–Crippen MR) is 121 cm³/mol. The summed E-state index contributed by atoms with van der Waals surface area (Å²) < 4.78 is 33.9. The molecule has 2 aromatic carbocycles. The lowest BCUT2D eigenvalue weighted by Gasteiger charge is -2.39. The zero-order chi connectivity index (χ0) is 21.0. The number of aryl methyl sites for hydroxylation is 1. The first-order chi connectivity index (χ1) is 13.7. The Hall–Kier alpha value is -1.71. The summed E-state index contributed by atoms with van der Waals surface area (Å²) in [5.41, 5.74) is 4.51. The summed E-state index contributed by atoms with van der Waals surface area (Å²) in [5, 5.41) is 0. The van der Waals surface area contributed by atoms with Gasteiger partial charge in [0, 0.05) is 22.1 Å². The van der Waals surface area contributed by atoms with E-state index in [4.69, 9.17) is 4.74 Å². The van der Waals surface area contributed by atoms with E-state index in [9.17, 15) is 13.2 Å². The van der Waals surface area contributed by atoms with Crippen LogP contribution < -0.4 is 0 Å². The number of hydrogen-bond acceptors (Lipinski definition) is 4. The van der Waals surface area contributed by atoms with Crippen molar-refractivity contribution >= 4 is 42.2 Å².